The summed E-state index contributed by atoms with van der Waals surface area (Å²) in [7, 11) is 1.58. The van der Waals surface area contributed by atoms with Crippen LogP contribution in [0, 0.1) is 5.82 Å². The Balaban J connectivity index is 2.89. The highest BCUT2D eigenvalue weighted by molar-refractivity contribution is 7.91. The maximum atomic E-state index is 13.5. The van der Waals surface area contributed by atoms with Gasteiger partial charge in [-0.05, 0) is 38.5 Å². The molecule has 1 aromatic rings. The van der Waals surface area contributed by atoms with E-state index in [1.165, 1.54) is 12.3 Å². The zero-order valence-corrected chi connectivity index (χ0v) is 11.9. The van der Waals surface area contributed by atoms with Crippen molar-refractivity contribution >= 4 is 17.6 Å². The Bertz CT molecular complexity index is 429. The standard InChI is InChI=1S/C13H18FNO2S/c1-13(2,3)18(16)15-8-11-7-10(9-17-4)5-6-12(11)14/h5-8H,9H2,1-4H3/b15-8+. The molecule has 100 valence electrons. The molecule has 0 radical (unpaired) electrons. The molecule has 0 aliphatic rings. The number of benzene rings is 1. The number of methoxy groups -OCH3 is 1. The molecule has 0 saturated carbocycles. The summed E-state index contributed by atoms with van der Waals surface area (Å²) in [5.74, 6) is -0.385. The van der Waals surface area contributed by atoms with Crippen LogP contribution in [0.2, 0.25) is 0 Å². The van der Waals surface area contributed by atoms with Crippen molar-refractivity contribution < 1.29 is 13.7 Å². The minimum atomic E-state index is -1.38. The molecule has 1 unspecified atom stereocenters. The van der Waals surface area contributed by atoms with Crippen LogP contribution in [0.3, 0.4) is 0 Å². The van der Waals surface area contributed by atoms with Crippen molar-refractivity contribution in [3.8, 4) is 0 Å². The van der Waals surface area contributed by atoms with Gasteiger partial charge in [-0.1, -0.05) is 10.5 Å². The topological polar surface area (TPSA) is 44.6 Å². The minimum absolute atomic E-state index is 0.321. The van der Waals surface area contributed by atoms with E-state index in [1.54, 1.807) is 19.2 Å². The van der Waals surface area contributed by atoms with Gasteiger partial charge in [0.25, 0.3) is 0 Å². The molecule has 0 fully saturated rings. The van der Waals surface area contributed by atoms with Gasteiger partial charge >= 0.3 is 0 Å². The molecular weight excluding hydrogens is 253 g/mol. The summed E-state index contributed by atoms with van der Waals surface area (Å²) in [6.07, 6.45) is 1.32. The summed E-state index contributed by atoms with van der Waals surface area (Å²) in [6.45, 7) is 5.86. The van der Waals surface area contributed by atoms with Crippen molar-refractivity contribution in [2.75, 3.05) is 7.11 Å². The normalized spacial score (nSPS) is 14.1. The van der Waals surface area contributed by atoms with E-state index in [0.717, 1.165) is 5.56 Å². The van der Waals surface area contributed by atoms with Crippen LogP contribution in [-0.4, -0.2) is 22.6 Å². The van der Waals surface area contributed by atoms with Gasteiger partial charge in [-0.3, -0.25) is 0 Å². The molecular formula is C13H18FNO2S. The van der Waals surface area contributed by atoms with Crippen molar-refractivity contribution in [1.82, 2.24) is 0 Å². The quantitative estimate of drug-likeness (QED) is 0.624. The van der Waals surface area contributed by atoms with E-state index in [9.17, 15) is 8.94 Å². The zero-order chi connectivity index (χ0) is 13.8. The number of hydrogen-bond donors (Lipinski definition) is 0. The third-order valence-corrected chi connectivity index (χ3v) is 3.53. The molecule has 0 aliphatic carbocycles. The van der Waals surface area contributed by atoms with Gasteiger partial charge < -0.3 is 9.29 Å². The van der Waals surface area contributed by atoms with Gasteiger partial charge in [-0.15, -0.1) is 0 Å². The van der Waals surface area contributed by atoms with E-state index in [2.05, 4.69) is 4.40 Å². The van der Waals surface area contributed by atoms with Gasteiger partial charge in [-0.2, -0.15) is 0 Å². The summed E-state index contributed by atoms with van der Waals surface area (Å²) in [5, 5.41) is 0. The van der Waals surface area contributed by atoms with Crippen molar-refractivity contribution in [2.24, 2.45) is 4.40 Å². The van der Waals surface area contributed by atoms with Gasteiger partial charge in [0.05, 0.1) is 12.8 Å². The second kappa shape index (κ2) is 6.31. The van der Waals surface area contributed by atoms with Crippen molar-refractivity contribution in [1.29, 1.82) is 0 Å². The molecule has 0 bridgehead atoms. The summed E-state index contributed by atoms with van der Waals surface area (Å²) in [4.78, 5) is 0. The van der Waals surface area contributed by atoms with Gasteiger partial charge in [-0.25, -0.2) is 4.39 Å². The third kappa shape index (κ3) is 4.40. The molecule has 0 N–H and O–H groups in total. The summed E-state index contributed by atoms with van der Waals surface area (Å²) < 4.78 is 33.7. The maximum absolute atomic E-state index is 13.5. The van der Waals surface area contributed by atoms with E-state index in [1.807, 2.05) is 20.8 Å². The van der Waals surface area contributed by atoms with Crippen LogP contribution in [-0.2, 0) is 22.7 Å². The van der Waals surface area contributed by atoms with Crippen LogP contribution >= 0.6 is 0 Å². The van der Waals surface area contributed by atoms with Gasteiger partial charge in [0, 0.05) is 12.7 Å². The molecule has 1 atom stereocenters. The average Bonchev–Trinajstić information content (AvgIpc) is 2.28. The Morgan fingerprint density at radius 1 is 1.44 bits per heavy atom. The van der Waals surface area contributed by atoms with Crippen LogP contribution in [0.1, 0.15) is 31.9 Å². The first-order valence-electron chi connectivity index (χ1n) is 5.58. The lowest BCUT2D eigenvalue weighted by atomic mass is 10.1. The fourth-order valence-electron chi connectivity index (χ4n) is 1.21. The van der Waals surface area contributed by atoms with E-state index < -0.39 is 16.1 Å². The average molecular weight is 271 g/mol. The minimum Gasteiger partial charge on any atom is -0.591 e. The third-order valence-electron chi connectivity index (χ3n) is 2.18. The zero-order valence-electron chi connectivity index (χ0n) is 11.1. The lowest BCUT2D eigenvalue weighted by Crippen LogP contribution is -2.25. The Morgan fingerprint density at radius 2 is 2.11 bits per heavy atom. The fraction of sp³-hybridized carbons (Fsp3) is 0.462. The fourth-order valence-corrected chi connectivity index (χ4v) is 1.74. The molecule has 0 heterocycles. The van der Waals surface area contributed by atoms with E-state index >= 15 is 0 Å². The van der Waals surface area contributed by atoms with Gasteiger partial charge in [0.15, 0.2) is 0 Å². The monoisotopic (exact) mass is 271 g/mol. The SMILES string of the molecule is COCc1ccc(F)c(/C=N/[S+]([O-])C(C)(C)C)c1. The Morgan fingerprint density at radius 3 is 2.67 bits per heavy atom. The van der Waals surface area contributed by atoms with Crippen LogP contribution in [0.25, 0.3) is 0 Å². The first kappa shape index (κ1) is 15.1. The lowest BCUT2D eigenvalue weighted by Gasteiger charge is -2.17. The van der Waals surface area contributed by atoms with E-state index in [0.29, 0.717) is 12.2 Å². The van der Waals surface area contributed by atoms with Gasteiger partial charge in [0.2, 0.25) is 0 Å². The van der Waals surface area contributed by atoms with E-state index in [4.69, 9.17) is 4.74 Å². The predicted octanol–water partition coefficient (Wildman–Crippen LogP) is 2.85. The highest BCUT2D eigenvalue weighted by Gasteiger charge is 2.25. The highest BCUT2D eigenvalue weighted by Crippen LogP contribution is 2.17. The predicted molar refractivity (Wildman–Crippen MR) is 72.6 cm³/mol. The molecule has 0 saturated heterocycles. The molecule has 0 aromatic heterocycles. The summed E-state index contributed by atoms with van der Waals surface area (Å²) >= 11 is -1.38. The molecule has 5 heteroatoms. The number of ether oxygens (including phenoxy) is 1. The lowest BCUT2D eigenvalue weighted by molar-refractivity contribution is 0.185. The largest absolute Gasteiger partial charge is 0.591 e. The number of nitrogens with zero attached hydrogens (tertiary/aromatic N) is 1. The van der Waals surface area contributed by atoms with Crippen LogP contribution in [0.5, 0.6) is 0 Å². The molecule has 1 rings (SSSR count). The van der Waals surface area contributed by atoms with Crippen LogP contribution < -0.4 is 0 Å². The van der Waals surface area contributed by atoms with Crippen molar-refractivity contribution in [2.45, 2.75) is 32.1 Å². The van der Waals surface area contributed by atoms with E-state index in [-0.39, 0.29) is 5.82 Å². The molecule has 0 amide bonds. The summed E-state index contributed by atoms with van der Waals surface area (Å²) in [6, 6.07) is 4.65. The van der Waals surface area contributed by atoms with Gasteiger partial charge in [0.1, 0.15) is 21.9 Å². The Labute approximate surface area is 110 Å². The second-order valence-corrected chi connectivity index (χ2v) is 6.82. The maximum Gasteiger partial charge on any atom is 0.144 e. The van der Waals surface area contributed by atoms with Crippen LogP contribution in [0.4, 0.5) is 4.39 Å². The molecule has 18 heavy (non-hydrogen) atoms. The number of halogens is 1. The van der Waals surface area contributed by atoms with Crippen molar-refractivity contribution in [3.63, 3.8) is 0 Å². The highest BCUT2D eigenvalue weighted by atomic mass is 32.2. The molecule has 3 nitrogen and oxygen atoms in total. The van der Waals surface area contributed by atoms with Crippen molar-refractivity contribution in [3.05, 3.63) is 35.1 Å². The molecule has 0 aliphatic heterocycles. The smallest absolute Gasteiger partial charge is 0.144 e. The number of hydrogen-bond acceptors (Lipinski definition) is 3. The molecule has 0 spiro atoms. The van der Waals surface area contributed by atoms with Crippen LogP contribution in [0.15, 0.2) is 22.6 Å². The second-order valence-electron chi connectivity index (χ2n) is 4.88. The number of rotatable bonds is 4. The Kier molecular flexibility index (Phi) is 5.31. The molecule has 1 aromatic carbocycles. The first-order chi connectivity index (χ1) is 8.34. The summed E-state index contributed by atoms with van der Waals surface area (Å²) in [5.41, 5.74) is 1.17. The first-order valence-corrected chi connectivity index (χ1v) is 6.68. The Hall–Kier alpha value is -0.910.